The summed E-state index contributed by atoms with van der Waals surface area (Å²) in [5, 5.41) is 0. The number of hydrazine groups is 1. The van der Waals surface area contributed by atoms with Gasteiger partial charge in [-0.1, -0.05) is 34.1 Å². The number of rotatable bonds is 6. The number of benzene rings is 2. The van der Waals surface area contributed by atoms with Crippen LogP contribution in [0.5, 0.6) is 5.75 Å². The second-order valence-electron chi connectivity index (χ2n) is 4.15. The number of hydrogen-bond acceptors (Lipinski definition) is 3. The molecule has 2 N–H and O–H groups in total. The van der Waals surface area contributed by atoms with E-state index in [-0.39, 0.29) is 0 Å². The molecule has 0 atom stereocenters. The van der Waals surface area contributed by atoms with Gasteiger partial charge in [-0.2, -0.15) is 0 Å². The lowest BCUT2D eigenvalue weighted by atomic mass is 10.2. The molecule has 20 heavy (non-hydrogen) atoms. The van der Waals surface area contributed by atoms with Crippen molar-refractivity contribution in [3.8, 4) is 5.75 Å². The van der Waals surface area contributed by atoms with E-state index in [1.54, 1.807) is 0 Å². The third-order valence-corrected chi connectivity index (χ3v) is 3.71. The van der Waals surface area contributed by atoms with Crippen molar-refractivity contribution in [2.24, 2.45) is 0 Å². The van der Waals surface area contributed by atoms with Crippen LogP contribution in [0, 0.1) is 0 Å². The number of anilines is 1. The molecule has 0 aliphatic rings. The molecule has 0 spiro atoms. The molecule has 0 bridgehead atoms. The fourth-order valence-electron chi connectivity index (χ4n) is 1.81. The fourth-order valence-corrected chi connectivity index (χ4v) is 3.24. The summed E-state index contributed by atoms with van der Waals surface area (Å²) in [5.74, 6) is 0.873. The normalized spacial score (nSPS) is 10.3. The van der Waals surface area contributed by atoms with Crippen molar-refractivity contribution in [3.63, 3.8) is 0 Å². The van der Waals surface area contributed by atoms with Gasteiger partial charge in [-0.25, -0.2) is 5.43 Å². The summed E-state index contributed by atoms with van der Waals surface area (Å²) in [6.45, 7) is 3.27. The van der Waals surface area contributed by atoms with E-state index in [1.165, 1.54) is 0 Å². The van der Waals surface area contributed by atoms with Gasteiger partial charge in [-0.15, -0.1) is 0 Å². The molecule has 2 aromatic carbocycles. The SMILES string of the molecule is CCOc1c(Br)cc(Br)cc1CNNc1ccccc1. The second kappa shape index (κ2) is 7.67. The van der Waals surface area contributed by atoms with Gasteiger partial charge in [0.15, 0.2) is 0 Å². The summed E-state index contributed by atoms with van der Waals surface area (Å²) in [6, 6.07) is 14.0. The smallest absolute Gasteiger partial charge is 0.138 e. The van der Waals surface area contributed by atoms with Crippen molar-refractivity contribution in [3.05, 3.63) is 57.0 Å². The molecule has 0 unspecified atom stereocenters. The maximum Gasteiger partial charge on any atom is 0.138 e. The Morgan fingerprint density at radius 2 is 1.85 bits per heavy atom. The van der Waals surface area contributed by atoms with Crippen LogP contribution in [-0.2, 0) is 6.54 Å². The first-order valence-electron chi connectivity index (χ1n) is 6.35. The molecule has 0 saturated heterocycles. The molecule has 0 fully saturated rings. The zero-order valence-electron chi connectivity index (χ0n) is 11.1. The van der Waals surface area contributed by atoms with Crippen LogP contribution in [0.2, 0.25) is 0 Å². The average Bonchev–Trinajstić information content (AvgIpc) is 2.43. The largest absolute Gasteiger partial charge is 0.492 e. The average molecular weight is 400 g/mol. The van der Waals surface area contributed by atoms with Crippen LogP contribution in [0.25, 0.3) is 0 Å². The van der Waals surface area contributed by atoms with E-state index >= 15 is 0 Å². The summed E-state index contributed by atoms with van der Waals surface area (Å²) < 4.78 is 7.66. The Bertz CT molecular complexity index is 561. The summed E-state index contributed by atoms with van der Waals surface area (Å²) >= 11 is 7.03. The standard InChI is InChI=1S/C15H16Br2N2O/c1-2-20-15-11(8-12(16)9-14(15)17)10-18-19-13-6-4-3-5-7-13/h3-9,18-19H,2,10H2,1H3. The first-order valence-corrected chi connectivity index (χ1v) is 7.94. The number of nitrogens with one attached hydrogen (secondary N) is 2. The number of hydrogen-bond donors (Lipinski definition) is 2. The molecular formula is C15H16Br2N2O. The molecule has 2 aromatic rings. The summed E-state index contributed by atoms with van der Waals surface area (Å²) in [6.07, 6.45) is 0. The van der Waals surface area contributed by atoms with E-state index in [0.717, 1.165) is 25.9 Å². The molecule has 0 aliphatic carbocycles. The highest BCUT2D eigenvalue weighted by Crippen LogP contribution is 2.32. The Kier molecular flexibility index (Phi) is 5.88. The third-order valence-electron chi connectivity index (χ3n) is 2.66. The van der Waals surface area contributed by atoms with Crippen molar-refractivity contribution in [1.29, 1.82) is 0 Å². The summed E-state index contributed by atoms with van der Waals surface area (Å²) in [5.41, 5.74) is 8.47. The van der Waals surface area contributed by atoms with Crippen LogP contribution < -0.4 is 15.6 Å². The van der Waals surface area contributed by atoms with E-state index in [2.05, 4.69) is 48.8 Å². The quantitative estimate of drug-likeness (QED) is 0.689. The molecule has 5 heteroatoms. The molecular weight excluding hydrogens is 384 g/mol. The lowest BCUT2D eigenvalue weighted by Gasteiger charge is -2.14. The van der Waals surface area contributed by atoms with Crippen molar-refractivity contribution in [1.82, 2.24) is 5.43 Å². The van der Waals surface area contributed by atoms with Gasteiger partial charge in [0.2, 0.25) is 0 Å². The van der Waals surface area contributed by atoms with Gasteiger partial charge in [0.25, 0.3) is 0 Å². The summed E-state index contributed by atoms with van der Waals surface area (Å²) in [4.78, 5) is 0. The Morgan fingerprint density at radius 3 is 2.55 bits per heavy atom. The second-order valence-corrected chi connectivity index (χ2v) is 5.92. The van der Waals surface area contributed by atoms with Gasteiger partial charge >= 0.3 is 0 Å². The third kappa shape index (κ3) is 4.23. The Balaban J connectivity index is 2.05. The highest BCUT2D eigenvalue weighted by molar-refractivity contribution is 9.11. The minimum atomic E-state index is 0.638. The van der Waals surface area contributed by atoms with Crippen molar-refractivity contribution >= 4 is 37.5 Å². The van der Waals surface area contributed by atoms with Gasteiger partial charge in [0.05, 0.1) is 11.1 Å². The van der Waals surface area contributed by atoms with Crippen LogP contribution in [-0.4, -0.2) is 6.61 Å². The van der Waals surface area contributed by atoms with Crippen LogP contribution in [0.4, 0.5) is 5.69 Å². The van der Waals surface area contributed by atoms with Crippen molar-refractivity contribution in [2.75, 3.05) is 12.0 Å². The molecule has 0 radical (unpaired) electrons. The Morgan fingerprint density at radius 1 is 1.10 bits per heavy atom. The van der Waals surface area contributed by atoms with Crippen LogP contribution in [0.15, 0.2) is 51.4 Å². The predicted molar refractivity (Wildman–Crippen MR) is 89.9 cm³/mol. The number of ether oxygens (including phenoxy) is 1. The van der Waals surface area contributed by atoms with E-state index in [4.69, 9.17) is 4.74 Å². The predicted octanol–water partition coefficient (Wildman–Crippen LogP) is 4.73. The van der Waals surface area contributed by atoms with Gasteiger partial charge < -0.3 is 10.2 Å². The number of para-hydroxylation sites is 1. The van der Waals surface area contributed by atoms with Gasteiger partial charge in [0.1, 0.15) is 5.75 Å². The van der Waals surface area contributed by atoms with Gasteiger partial charge in [0, 0.05) is 22.3 Å². The van der Waals surface area contributed by atoms with Crippen molar-refractivity contribution < 1.29 is 4.74 Å². The lowest BCUT2D eigenvalue weighted by Crippen LogP contribution is -2.21. The molecule has 3 nitrogen and oxygen atoms in total. The zero-order chi connectivity index (χ0) is 14.4. The van der Waals surface area contributed by atoms with E-state index in [9.17, 15) is 0 Å². The van der Waals surface area contributed by atoms with Gasteiger partial charge in [-0.05, 0) is 47.1 Å². The van der Waals surface area contributed by atoms with Crippen molar-refractivity contribution in [2.45, 2.75) is 13.5 Å². The number of halogens is 2. The highest BCUT2D eigenvalue weighted by Gasteiger charge is 2.09. The highest BCUT2D eigenvalue weighted by atomic mass is 79.9. The molecule has 0 saturated carbocycles. The van der Waals surface area contributed by atoms with E-state index < -0.39 is 0 Å². The fraction of sp³-hybridized carbons (Fsp3) is 0.200. The molecule has 2 rings (SSSR count). The van der Waals surface area contributed by atoms with Crippen LogP contribution in [0.1, 0.15) is 12.5 Å². The lowest BCUT2D eigenvalue weighted by molar-refractivity contribution is 0.333. The zero-order valence-corrected chi connectivity index (χ0v) is 14.3. The first-order chi connectivity index (χ1) is 9.70. The van der Waals surface area contributed by atoms with E-state index in [0.29, 0.717) is 13.2 Å². The monoisotopic (exact) mass is 398 g/mol. The van der Waals surface area contributed by atoms with Crippen LogP contribution in [0.3, 0.4) is 0 Å². The molecule has 0 heterocycles. The minimum Gasteiger partial charge on any atom is -0.492 e. The Hall–Kier alpha value is -1.04. The van der Waals surface area contributed by atoms with Crippen LogP contribution >= 0.6 is 31.9 Å². The molecule has 0 aromatic heterocycles. The maximum absolute atomic E-state index is 5.69. The summed E-state index contributed by atoms with van der Waals surface area (Å²) in [7, 11) is 0. The molecule has 106 valence electrons. The minimum absolute atomic E-state index is 0.638. The topological polar surface area (TPSA) is 33.3 Å². The molecule has 0 amide bonds. The van der Waals surface area contributed by atoms with E-state index in [1.807, 2.05) is 43.3 Å². The molecule has 0 aliphatic heterocycles. The Labute approximate surface area is 136 Å². The van der Waals surface area contributed by atoms with Gasteiger partial charge in [-0.3, -0.25) is 0 Å². The maximum atomic E-state index is 5.69. The first kappa shape index (κ1) is 15.4.